The van der Waals surface area contributed by atoms with Gasteiger partial charge in [0.1, 0.15) is 0 Å². The quantitative estimate of drug-likeness (QED) is 0.773. The number of pyridine rings is 1. The molecule has 0 saturated heterocycles. The van der Waals surface area contributed by atoms with E-state index in [0.717, 1.165) is 17.8 Å². The van der Waals surface area contributed by atoms with Crippen molar-refractivity contribution in [2.24, 2.45) is 0 Å². The highest BCUT2D eigenvalue weighted by Crippen LogP contribution is 2.24. The van der Waals surface area contributed by atoms with Crippen LogP contribution in [0.15, 0.2) is 30.5 Å². The SMILES string of the molecule is C=C(C)C(NCC)c1ncccc1Cl. The number of likely N-dealkylation sites (N-methyl/N-ethyl adjacent to an activating group) is 1. The molecule has 1 atom stereocenters. The van der Waals surface area contributed by atoms with Crippen molar-refractivity contribution in [3.63, 3.8) is 0 Å². The van der Waals surface area contributed by atoms with Gasteiger partial charge in [-0.05, 0) is 25.6 Å². The van der Waals surface area contributed by atoms with E-state index in [9.17, 15) is 0 Å². The minimum Gasteiger partial charge on any atom is -0.305 e. The number of rotatable bonds is 4. The van der Waals surface area contributed by atoms with Crippen molar-refractivity contribution < 1.29 is 0 Å². The summed E-state index contributed by atoms with van der Waals surface area (Å²) >= 11 is 6.06. The van der Waals surface area contributed by atoms with Crippen molar-refractivity contribution >= 4 is 11.6 Å². The lowest BCUT2D eigenvalue weighted by Crippen LogP contribution is -2.22. The molecule has 1 N–H and O–H groups in total. The monoisotopic (exact) mass is 210 g/mol. The smallest absolute Gasteiger partial charge is 0.0800 e. The van der Waals surface area contributed by atoms with Crippen molar-refractivity contribution in [2.45, 2.75) is 19.9 Å². The van der Waals surface area contributed by atoms with Gasteiger partial charge in [0.05, 0.1) is 16.8 Å². The predicted octanol–water partition coefficient (Wildman–Crippen LogP) is 2.96. The van der Waals surface area contributed by atoms with E-state index in [0.29, 0.717) is 5.02 Å². The third kappa shape index (κ3) is 2.56. The lowest BCUT2D eigenvalue weighted by Gasteiger charge is -2.18. The van der Waals surface area contributed by atoms with E-state index >= 15 is 0 Å². The van der Waals surface area contributed by atoms with Crippen LogP contribution in [0.2, 0.25) is 5.02 Å². The van der Waals surface area contributed by atoms with E-state index in [1.807, 2.05) is 26.0 Å². The zero-order valence-corrected chi connectivity index (χ0v) is 9.30. The number of nitrogens with one attached hydrogen (secondary N) is 1. The molecule has 0 amide bonds. The Morgan fingerprint density at radius 1 is 1.71 bits per heavy atom. The molecule has 2 nitrogen and oxygen atoms in total. The summed E-state index contributed by atoms with van der Waals surface area (Å²) in [6, 6.07) is 3.72. The molecule has 0 saturated carbocycles. The van der Waals surface area contributed by atoms with Crippen LogP contribution in [-0.4, -0.2) is 11.5 Å². The van der Waals surface area contributed by atoms with Crippen LogP contribution in [0.5, 0.6) is 0 Å². The van der Waals surface area contributed by atoms with Gasteiger partial charge in [-0.1, -0.05) is 30.7 Å². The first-order valence-electron chi connectivity index (χ1n) is 4.66. The first-order valence-corrected chi connectivity index (χ1v) is 5.03. The second-order valence-corrected chi connectivity index (χ2v) is 3.61. The first kappa shape index (κ1) is 11.2. The van der Waals surface area contributed by atoms with Gasteiger partial charge in [0, 0.05) is 6.20 Å². The Balaban J connectivity index is 2.99. The average Bonchev–Trinajstić information content (AvgIpc) is 2.15. The summed E-state index contributed by atoms with van der Waals surface area (Å²) in [4.78, 5) is 4.26. The molecule has 14 heavy (non-hydrogen) atoms. The summed E-state index contributed by atoms with van der Waals surface area (Å²) in [5, 5.41) is 3.97. The number of aromatic nitrogens is 1. The first-order chi connectivity index (χ1) is 6.66. The highest BCUT2D eigenvalue weighted by atomic mass is 35.5. The minimum absolute atomic E-state index is 0.0497. The Morgan fingerprint density at radius 2 is 2.43 bits per heavy atom. The molecule has 0 spiro atoms. The fraction of sp³-hybridized carbons (Fsp3) is 0.364. The van der Waals surface area contributed by atoms with Crippen LogP contribution in [0, 0.1) is 0 Å². The Kier molecular flexibility index (Phi) is 4.11. The molecule has 1 heterocycles. The van der Waals surface area contributed by atoms with Crippen molar-refractivity contribution in [1.29, 1.82) is 0 Å². The van der Waals surface area contributed by atoms with Gasteiger partial charge < -0.3 is 5.32 Å². The zero-order valence-electron chi connectivity index (χ0n) is 8.55. The van der Waals surface area contributed by atoms with Crippen LogP contribution in [0.4, 0.5) is 0 Å². The van der Waals surface area contributed by atoms with E-state index in [-0.39, 0.29) is 6.04 Å². The fourth-order valence-corrected chi connectivity index (χ4v) is 1.55. The summed E-state index contributed by atoms with van der Waals surface area (Å²) in [7, 11) is 0. The zero-order chi connectivity index (χ0) is 10.6. The Labute approximate surface area is 90.0 Å². The van der Waals surface area contributed by atoms with Gasteiger partial charge in [0.15, 0.2) is 0 Å². The van der Waals surface area contributed by atoms with Gasteiger partial charge in [0.25, 0.3) is 0 Å². The van der Waals surface area contributed by atoms with Crippen LogP contribution in [0.25, 0.3) is 0 Å². The Hall–Kier alpha value is -0.860. The molecule has 1 rings (SSSR count). The molecule has 0 aliphatic heterocycles. The van der Waals surface area contributed by atoms with Gasteiger partial charge in [0.2, 0.25) is 0 Å². The highest BCUT2D eigenvalue weighted by Gasteiger charge is 2.14. The largest absolute Gasteiger partial charge is 0.305 e. The van der Waals surface area contributed by atoms with Gasteiger partial charge in [-0.15, -0.1) is 0 Å². The molecule has 1 aromatic rings. The third-order valence-corrected chi connectivity index (χ3v) is 2.28. The lowest BCUT2D eigenvalue weighted by molar-refractivity contribution is 0.607. The normalized spacial score (nSPS) is 12.5. The second-order valence-electron chi connectivity index (χ2n) is 3.21. The molecule has 0 fully saturated rings. The fourth-order valence-electron chi connectivity index (χ4n) is 1.32. The van der Waals surface area contributed by atoms with Crippen LogP contribution in [0.3, 0.4) is 0 Å². The van der Waals surface area contributed by atoms with Crippen LogP contribution < -0.4 is 5.32 Å². The van der Waals surface area contributed by atoms with Crippen LogP contribution in [0.1, 0.15) is 25.6 Å². The number of hydrogen-bond donors (Lipinski definition) is 1. The molecule has 0 aliphatic carbocycles. The minimum atomic E-state index is 0.0497. The standard InChI is InChI=1S/C11H15ClN2/c1-4-13-10(8(2)3)11-9(12)6-5-7-14-11/h5-7,10,13H,2,4H2,1,3H3. The van der Waals surface area contributed by atoms with Gasteiger partial charge in [-0.25, -0.2) is 0 Å². The summed E-state index contributed by atoms with van der Waals surface area (Å²) in [5.74, 6) is 0. The van der Waals surface area contributed by atoms with Gasteiger partial charge >= 0.3 is 0 Å². The van der Waals surface area contributed by atoms with E-state index in [2.05, 4.69) is 16.9 Å². The molecule has 1 aromatic heterocycles. The molecule has 0 aliphatic rings. The summed E-state index contributed by atoms with van der Waals surface area (Å²) < 4.78 is 0. The van der Waals surface area contributed by atoms with Crippen LogP contribution >= 0.6 is 11.6 Å². The van der Waals surface area contributed by atoms with E-state index in [4.69, 9.17) is 11.6 Å². The summed E-state index contributed by atoms with van der Waals surface area (Å²) in [6.45, 7) is 8.81. The van der Waals surface area contributed by atoms with Gasteiger partial charge in [-0.3, -0.25) is 4.98 Å². The number of halogens is 1. The molecule has 1 unspecified atom stereocenters. The molecule has 76 valence electrons. The third-order valence-electron chi connectivity index (χ3n) is 1.96. The van der Waals surface area contributed by atoms with Gasteiger partial charge in [-0.2, -0.15) is 0 Å². The van der Waals surface area contributed by atoms with Crippen molar-refractivity contribution in [3.8, 4) is 0 Å². The van der Waals surface area contributed by atoms with E-state index in [1.54, 1.807) is 6.20 Å². The van der Waals surface area contributed by atoms with Crippen molar-refractivity contribution in [2.75, 3.05) is 6.54 Å². The van der Waals surface area contributed by atoms with Crippen LogP contribution in [-0.2, 0) is 0 Å². The Bertz CT molecular complexity index is 323. The number of nitrogens with zero attached hydrogens (tertiary/aromatic N) is 1. The molecular formula is C11H15ClN2. The summed E-state index contributed by atoms with van der Waals surface area (Å²) in [5.41, 5.74) is 1.87. The molecule has 0 radical (unpaired) electrons. The molecule has 0 bridgehead atoms. The van der Waals surface area contributed by atoms with E-state index in [1.165, 1.54) is 0 Å². The highest BCUT2D eigenvalue weighted by molar-refractivity contribution is 6.31. The maximum atomic E-state index is 6.06. The molecular weight excluding hydrogens is 196 g/mol. The van der Waals surface area contributed by atoms with Crippen molar-refractivity contribution in [1.82, 2.24) is 10.3 Å². The lowest BCUT2D eigenvalue weighted by atomic mass is 10.1. The number of hydrogen-bond acceptors (Lipinski definition) is 2. The van der Waals surface area contributed by atoms with E-state index < -0.39 is 0 Å². The maximum absolute atomic E-state index is 6.06. The maximum Gasteiger partial charge on any atom is 0.0800 e. The topological polar surface area (TPSA) is 24.9 Å². The molecule has 0 aromatic carbocycles. The Morgan fingerprint density at radius 3 is 2.93 bits per heavy atom. The predicted molar refractivity (Wildman–Crippen MR) is 60.5 cm³/mol. The second kappa shape index (κ2) is 5.13. The summed E-state index contributed by atoms with van der Waals surface area (Å²) in [6.07, 6.45) is 1.74. The van der Waals surface area contributed by atoms with Crippen molar-refractivity contribution in [3.05, 3.63) is 41.2 Å². The average molecular weight is 211 g/mol. The molecule has 3 heteroatoms.